The molecule has 1 atom stereocenters. The molecule has 0 amide bonds. The zero-order valence-corrected chi connectivity index (χ0v) is 10.1. The average molecular weight is 242 g/mol. The summed E-state index contributed by atoms with van der Waals surface area (Å²) in [6.45, 7) is 2.41. The lowest BCUT2D eigenvalue weighted by molar-refractivity contribution is 0.174. The van der Waals surface area contributed by atoms with Crippen molar-refractivity contribution in [1.82, 2.24) is 0 Å². The summed E-state index contributed by atoms with van der Waals surface area (Å²) in [6, 6.07) is 3.65. The van der Waals surface area contributed by atoms with Crippen LogP contribution in [0.1, 0.15) is 37.8 Å². The van der Waals surface area contributed by atoms with Gasteiger partial charge in [-0.25, -0.2) is 0 Å². The molecule has 1 aliphatic rings. The molecule has 0 radical (unpaired) electrons. The summed E-state index contributed by atoms with van der Waals surface area (Å²) < 4.78 is 10.6. The van der Waals surface area contributed by atoms with Crippen molar-refractivity contribution in [3.05, 3.63) is 22.7 Å². The molecule has 88 valence electrons. The molecule has 0 aliphatic carbocycles. The Hall–Kier alpha value is -0.930. The first-order chi connectivity index (χ1) is 7.72. The second-order valence-electron chi connectivity index (χ2n) is 3.98. The van der Waals surface area contributed by atoms with Gasteiger partial charge >= 0.3 is 0 Å². The number of halogens is 1. The van der Waals surface area contributed by atoms with Crippen LogP contribution >= 0.6 is 11.6 Å². The highest BCUT2D eigenvalue weighted by molar-refractivity contribution is 6.31. The monoisotopic (exact) mass is 241 g/mol. The van der Waals surface area contributed by atoms with E-state index in [0.29, 0.717) is 10.8 Å². The topological polar surface area (TPSA) is 44.5 Å². The third-order valence-corrected chi connectivity index (χ3v) is 3.09. The maximum atomic E-state index is 6.17. The smallest absolute Gasteiger partial charge is 0.231 e. The fourth-order valence-corrected chi connectivity index (χ4v) is 2.09. The van der Waals surface area contributed by atoms with Gasteiger partial charge in [0, 0.05) is 17.1 Å². The van der Waals surface area contributed by atoms with Crippen molar-refractivity contribution in [1.29, 1.82) is 0 Å². The van der Waals surface area contributed by atoms with Crippen molar-refractivity contribution in [3.8, 4) is 11.5 Å². The Labute approximate surface area is 100 Å². The highest BCUT2D eigenvalue weighted by Crippen LogP contribution is 2.39. The summed E-state index contributed by atoms with van der Waals surface area (Å²) in [5, 5.41) is 0.660. The molecule has 0 unspecified atom stereocenters. The molecule has 1 aliphatic heterocycles. The van der Waals surface area contributed by atoms with Crippen molar-refractivity contribution in [2.24, 2.45) is 5.73 Å². The molecule has 0 bridgehead atoms. The van der Waals surface area contributed by atoms with Gasteiger partial charge in [-0.1, -0.05) is 31.4 Å². The second-order valence-corrected chi connectivity index (χ2v) is 4.38. The Balaban J connectivity index is 2.20. The molecule has 0 spiro atoms. The number of fused-ring (bicyclic) bond motifs is 1. The van der Waals surface area contributed by atoms with Gasteiger partial charge in [0.05, 0.1) is 0 Å². The van der Waals surface area contributed by atoms with Crippen LogP contribution in [0.3, 0.4) is 0 Å². The van der Waals surface area contributed by atoms with Crippen LogP contribution in [0, 0.1) is 0 Å². The molecule has 0 aromatic heterocycles. The number of unbranched alkanes of at least 4 members (excludes halogenated alkanes) is 1. The molecular formula is C12H16ClNO2. The molecule has 2 N–H and O–H groups in total. The van der Waals surface area contributed by atoms with Crippen LogP contribution < -0.4 is 15.2 Å². The molecule has 4 heteroatoms. The average Bonchev–Trinajstić information content (AvgIpc) is 2.71. The lowest BCUT2D eigenvalue weighted by Gasteiger charge is -2.13. The predicted molar refractivity (Wildman–Crippen MR) is 64.0 cm³/mol. The Kier molecular flexibility index (Phi) is 3.56. The van der Waals surface area contributed by atoms with Gasteiger partial charge in [-0.2, -0.15) is 0 Å². The lowest BCUT2D eigenvalue weighted by Crippen LogP contribution is -2.10. The van der Waals surface area contributed by atoms with E-state index in [1.807, 2.05) is 6.07 Å². The number of nitrogens with two attached hydrogens (primary N) is 1. The minimum absolute atomic E-state index is 0.0260. The van der Waals surface area contributed by atoms with E-state index in [1.165, 1.54) is 0 Å². The number of ether oxygens (including phenoxy) is 2. The zero-order valence-electron chi connectivity index (χ0n) is 9.33. The SMILES string of the molecule is CCCC[C@@H](N)c1cc2c(cc1Cl)OCO2. The highest BCUT2D eigenvalue weighted by Gasteiger charge is 2.19. The molecule has 1 heterocycles. The Morgan fingerprint density at radius 3 is 2.75 bits per heavy atom. The van der Waals surface area contributed by atoms with Gasteiger partial charge in [0.1, 0.15) is 0 Å². The summed E-state index contributed by atoms with van der Waals surface area (Å²) in [5.74, 6) is 1.45. The van der Waals surface area contributed by atoms with Crippen LogP contribution in [0.25, 0.3) is 0 Å². The largest absolute Gasteiger partial charge is 0.454 e. The molecule has 3 nitrogen and oxygen atoms in total. The van der Waals surface area contributed by atoms with E-state index in [0.717, 1.165) is 30.6 Å². The summed E-state index contributed by atoms with van der Waals surface area (Å²) >= 11 is 6.17. The maximum absolute atomic E-state index is 6.17. The van der Waals surface area contributed by atoms with Gasteiger partial charge < -0.3 is 15.2 Å². The molecule has 0 fully saturated rings. The van der Waals surface area contributed by atoms with Crippen LogP contribution in [-0.4, -0.2) is 6.79 Å². The standard InChI is InChI=1S/C12H16ClNO2/c1-2-3-4-10(14)8-5-11-12(6-9(8)13)16-7-15-11/h5-6,10H,2-4,7,14H2,1H3/t10-/m1/s1. The van der Waals surface area contributed by atoms with E-state index < -0.39 is 0 Å². The summed E-state index contributed by atoms with van der Waals surface area (Å²) in [6.07, 6.45) is 3.18. The zero-order chi connectivity index (χ0) is 11.5. The molecule has 1 aromatic carbocycles. The molecule has 0 saturated carbocycles. The third-order valence-electron chi connectivity index (χ3n) is 2.76. The van der Waals surface area contributed by atoms with Gasteiger partial charge in [0.25, 0.3) is 0 Å². The molecule has 2 rings (SSSR count). The minimum atomic E-state index is -0.0260. The van der Waals surface area contributed by atoms with E-state index >= 15 is 0 Å². The second kappa shape index (κ2) is 4.93. The van der Waals surface area contributed by atoms with Gasteiger partial charge in [-0.15, -0.1) is 0 Å². The van der Waals surface area contributed by atoms with Crippen LogP contribution in [0.15, 0.2) is 12.1 Å². The van der Waals surface area contributed by atoms with E-state index in [1.54, 1.807) is 6.07 Å². The van der Waals surface area contributed by atoms with Gasteiger partial charge in [-0.05, 0) is 18.1 Å². The Morgan fingerprint density at radius 1 is 1.38 bits per heavy atom. The first-order valence-corrected chi connectivity index (χ1v) is 5.94. The van der Waals surface area contributed by atoms with E-state index in [-0.39, 0.29) is 12.8 Å². The number of hydrogen-bond donors (Lipinski definition) is 1. The number of hydrogen-bond acceptors (Lipinski definition) is 3. The molecule has 16 heavy (non-hydrogen) atoms. The number of benzene rings is 1. The van der Waals surface area contributed by atoms with Gasteiger partial charge in [0.2, 0.25) is 6.79 Å². The van der Waals surface area contributed by atoms with E-state index in [9.17, 15) is 0 Å². The van der Waals surface area contributed by atoms with Gasteiger partial charge in [-0.3, -0.25) is 0 Å². The van der Waals surface area contributed by atoms with Crippen molar-refractivity contribution in [2.75, 3.05) is 6.79 Å². The first kappa shape index (κ1) is 11.6. The lowest BCUT2D eigenvalue weighted by atomic mass is 10.0. The normalized spacial score (nSPS) is 15.2. The van der Waals surface area contributed by atoms with Crippen molar-refractivity contribution in [3.63, 3.8) is 0 Å². The van der Waals surface area contributed by atoms with Crippen molar-refractivity contribution < 1.29 is 9.47 Å². The Bertz CT molecular complexity index is 382. The highest BCUT2D eigenvalue weighted by atomic mass is 35.5. The van der Waals surface area contributed by atoms with Crippen molar-refractivity contribution in [2.45, 2.75) is 32.2 Å². The summed E-state index contributed by atoms with van der Waals surface area (Å²) in [7, 11) is 0. The van der Waals surface area contributed by atoms with Crippen LogP contribution in [0.2, 0.25) is 5.02 Å². The first-order valence-electron chi connectivity index (χ1n) is 5.57. The quantitative estimate of drug-likeness (QED) is 0.880. The van der Waals surface area contributed by atoms with Crippen molar-refractivity contribution >= 4 is 11.6 Å². The van der Waals surface area contributed by atoms with Crippen LogP contribution in [0.4, 0.5) is 0 Å². The van der Waals surface area contributed by atoms with E-state index in [4.69, 9.17) is 26.8 Å². The molecular weight excluding hydrogens is 226 g/mol. The third kappa shape index (κ3) is 2.25. The number of rotatable bonds is 4. The van der Waals surface area contributed by atoms with Gasteiger partial charge in [0.15, 0.2) is 11.5 Å². The Morgan fingerprint density at radius 2 is 2.06 bits per heavy atom. The summed E-state index contributed by atoms with van der Waals surface area (Å²) in [5.41, 5.74) is 7.04. The van der Waals surface area contributed by atoms with Crippen LogP contribution in [0.5, 0.6) is 11.5 Å². The maximum Gasteiger partial charge on any atom is 0.231 e. The molecule has 0 saturated heterocycles. The summed E-state index contributed by atoms with van der Waals surface area (Å²) in [4.78, 5) is 0. The molecule has 1 aromatic rings. The predicted octanol–water partition coefficient (Wildman–Crippen LogP) is 3.26. The van der Waals surface area contributed by atoms with Crippen LogP contribution in [-0.2, 0) is 0 Å². The van der Waals surface area contributed by atoms with E-state index in [2.05, 4.69) is 6.92 Å². The minimum Gasteiger partial charge on any atom is -0.454 e. The fraction of sp³-hybridized carbons (Fsp3) is 0.500. The fourth-order valence-electron chi connectivity index (χ4n) is 1.80.